The van der Waals surface area contributed by atoms with Gasteiger partial charge in [-0.1, -0.05) is 18.2 Å². The van der Waals surface area contributed by atoms with E-state index in [0.29, 0.717) is 24.7 Å². The van der Waals surface area contributed by atoms with Gasteiger partial charge in [0.1, 0.15) is 12.5 Å². The average Bonchev–Trinajstić information content (AvgIpc) is 2.49. The number of amidine groups is 1. The molecule has 0 aromatic heterocycles. The Morgan fingerprint density at radius 3 is 2.95 bits per heavy atom. The van der Waals surface area contributed by atoms with E-state index in [1.807, 2.05) is 30.3 Å². The number of nitrogens with one attached hydrogen (secondary N) is 1. The monoisotopic (exact) mass is 286 g/mol. The van der Waals surface area contributed by atoms with E-state index in [4.69, 9.17) is 10.5 Å². The molecule has 0 amide bonds. The van der Waals surface area contributed by atoms with Crippen LogP contribution in [0.4, 0.5) is 5.69 Å². The molecule has 1 aliphatic rings. The summed E-state index contributed by atoms with van der Waals surface area (Å²) in [6.45, 7) is 2.50. The quantitative estimate of drug-likeness (QED) is 0.635. The van der Waals surface area contributed by atoms with Gasteiger partial charge in [0.2, 0.25) is 0 Å². The minimum atomic E-state index is -0.403. The Morgan fingerprint density at radius 2 is 2.24 bits per heavy atom. The van der Waals surface area contributed by atoms with Crippen LogP contribution < -0.4 is 11.2 Å². The zero-order chi connectivity index (χ0) is 15.1. The maximum Gasteiger partial charge on any atom is 0.330 e. The van der Waals surface area contributed by atoms with Gasteiger partial charge in [-0.05, 0) is 25.1 Å². The molecular weight excluding hydrogens is 268 g/mol. The first-order valence-corrected chi connectivity index (χ1v) is 6.64. The lowest BCUT2D eigenvalue weighted by atomic mass is 10.2. The predicted molar refractivity (Wildman–Crippen MR) is 82.2 cm³/mol. The topological polar surface area (TPSA) is 80.0 Å². The molecule has 1 aromatic carbocycles. The molecule has 6 heteroatoms. The minimum absolute atomic E-state index is 0.341. The van der Waals surface area contributed by atoms with Gasteiger partial charge in [-0.3, -0.25) is 10.4 Å². The van der Waals surface area contributed by atoms with Crippen LogP contribution in [0.1, 0.15) is 6.92 Å². The number of nitrogens with two attached hydrogens (primary N) is 1. The number of para-hydroxylation sites is 1. The summed E-state index contributed by atoms with van der Waals surface area (Å²) in [6, 6.07) is 9.72. The van der Waals surface area contributed by atoms with E-state index in [1.54, 1.807) is 24.2 Å². The Morgan fingerprint density at radius 1 is 1.48 bits per heavy atom. The molecule has 0 unspecified atom stereocenters. The summed E-state index contributed by atoms with van der Waals surface area (Å²) in [7, 11) is 0. The second-order valence-electron chi connectivity index (χ2n) is 4.30. The number of hydrogen-bond donors (Lipinski definition) is 2. The highest BCUT2D eigenvalue weighted by Crippen LogP contribution is 2.12. The van der Waals surface area contributed by atoms with Crippen LogP contribution in [-0.4, -0.2) is 30.1 Å². The normalized spacial score (nSPS) is 14.6. The Balaban J connectivity index is 2.04. The molecule has 1 aromatic rings. The molecule has 1 heterocycles. The summed E-state index contributed by atoms with van der Waals surface area (Å²) in [5.74, 6) is -0.0130. The Labute approximate surface area is 123 Å². The van der Waals surface area contributed by atoms with Crippen LogP contribution in [-0.2, 0) is 9.53 Å². The van der Waals surface area contributed by atoms with Crippen molar-refractivity contribution in [1.29, 1.82) is 0 Å². The summed E-state index contributed by atoms with van der Waals surface area (Å²) in [4.78, 5) is 15.5. The number of benzene rings is 1. The summed E-state index contributed by atoms with van der Waals surface area (Å²) >= 11 is 0. The van der Waals surface area contributed by atoms with E-state index in [0.717, 1.165) is 5.69 Å². The van der Waals surface area contributed by atoms with E-state index < -0.39 is 5.97 Å². The number of hydrogen-bond acceptors (Lipinski definition) is 6. The molecule has 3 N–H and O–H groups in total. The largest absolute Gasteiger partial charge is 0.463 e. The fourth-order valence-corrected chi connectivity index (χ4v) is 1.74. The number of esters is 1. The van der Waals surface area contributed by atoms with Gasteiger partial charge < -0.3 is 10.5 Å². The number of anilines is 1. The number of rotatable bonds is 5. The molecule has 0 bridgehead atoms. The molecule has 0 saturated carbocycles. The van der Waals surface area contributed by atoms with Gasteiger partial charge >= 0.3 is 5.97 Å². The molecule has 2 rings (SSSR count). The Bertz CT molecular complexity index is 579. The predicted octanol–water partition coefficient (Wildman–Crippen LogP) is 1.65. The fourth-order valence-electron chi connectivity index (χ4n) is 1.74. The van der Waals surface area contributed by atoms with E-state index in [-0.39, 0.29) is 0 Å². The van der Waals surface area contributed by atoms with Crippen LogP contribution >= 0.6 is 0 Å². The average molecular weight is 286 g/mol. The van der Waals surface area contributed by atoms with E-state index in [2.05, 4.69) is 10.4 Å². The molecule has 0 fully saturated rings. The summed E-state index contributed by atoms with van der Waals surface area (Å²) < 4.78 is 4.83. The van der Waals surface area contributed by atoms with Crippen LogP contribution in [0.5, 0.6) is 0 Å². The highest BCUT2D eigenvalue weighted by atomic mass is 16.5. The third-order valence-corrected chi connectivity index (χ3v) is 2.72. The van der Waals surface area contributed by atoms with Crippen molar-refractivity contribution in [3.05, 3.63) is 54.3 Å². The maximum atomic E-state index is 11.3. The van der Waals surface area contributed by atoms with Crippen molar-refractivity contribution in [2.24, 2.45) is 10.7 Å². The van der Waals surface area contributed by atoms with Crippen LogP contribution in [0.2, 0.25) is 0 Å². The number of aliphatic imine (C=N–C) groups is 1. The highest BCUT2D eigenvalue weighted by Gasteiger charge is 2.10. The molecule has 0 saturated heterocycles. The number of ether oxygens (including phenoxy) is 1. The second kappa shape index (κ2) is 7.14. The van der Waals surface area contributed by atoms with Crippen molar-refractivity contribution in [1.82, 2.24) is 5.01 Å². The molecule has 0 spiro atoms. The zero-order valence-corrected chi connectivity index (χ0v) is 11.8. The van der Waals surface area contributed by atoms with Crippen molar-refractivity contribution >= 4 is 17.5 Å². The van der Waals surface area contributed by atoms with Gasteiger partial charge in [-0.2, -0.15) is 0 Å². The van der Waals surface area contributed by atoms with Crippen molar-refractivity contribution < 1.29 is 9.53 Å². The minimum Gasteiger partial charge on any atom is -0.463 e. The van der Waals surface area contributed by atoms with Crippen molar-refractivity contribution in [2.75, 3.05) is 18.7 Å². The highest BCUT2D eigenvalue weighted by molar-refractivity contribution is 6.01. The Kier molecular flexibility index (Phi) is 4.98. The number of carbonyl (C=O) groups excluding carboxylic acids is 1. The Hall–Kier alpha value is -2.76. The summed E-state index contributed by atoms with van der Waals surface area (Å²) in [6.07, 6.45) is 4.73. The van der Waals surface area contributed by atoms with E-state index in [1.165, 1.54) is 6.08 Å². The van der Waals surface area contributed by atoms with Gasteiger partial charge in [0, 0.05) is 17.8 Å². The van der Waals surface area contributed by atoms with E-state index in [9.17, 15) is 4.79 Å². The molecule has 6 nitrogen and oxygen atoms in total. The number of carbonyl (C=O) groups is 1. The lowest BCUT2D eigenvalue weighted by molar-refractivity contribution is -0.137. The standard InChI is InChI=1S/C15H18N4O2/c1-2-21-14(20)9-8-12-10-19(11-17-15(12)16)18-13-6-4-3-5-7-13/h3-10,18H,2,11H2,1H3,(H2,16,17)/b9-8+. The van der Waals surface area contributed by atoms with Crippen molar-refractivity contribution in [3.8, 4) is 0 Å². The van der Waals surface area contributed by atoms with Crippen LogP contribution in [0.3, 0.4) is 0 Å². The first-order chi connectivity index (χ1) is 10.2. The first-order valence-electron chi connectivity index (χ1n) is 6.64. The third-order valence-electron chi connectivity index (χ3n) is 2.72. The van der Waals surface area contributed by atoms with Gasteiger partial charge in [0.25, 0.3) is 0 Å². The zero-order valence-electron chi connectivity index (χ0n) is 11.8. The van der Waals surface area contributed by atoms with E-state index >= 15 is 0 Å². The van der Waals surface area contributed by atoms with Crippen molar-refractivity contribution in [2.45, 2.75) is 6.92 Å². The number of hydrazine groups is 1. The van der Waals surface area contributed by atoms with Gasteiger partial charge in [0.15, 0.2) is 0 Å². The third kappa shape index (κ3) is 4.38. The molecule has 1 aliphatic heterocycles. The second-order valence-corrected chi connectivity index (χ2v) is 4.30. The van der Waals surface area contributed by atoms with Crippen LogP contribution in [0.25, 0.3) is 0 Å². The number of nitrogens with zero attached hydrogens (tertiary/aromatic N) is 2. The van der Waals surface area contributed by atoms with Crippen LogP contribution in [0.15, 0.2) is 59.2 Å². The lowest BCUT2D eigenvalue weighted by Gasteiger charge is -2.25. The SMILES string of the molecule is CCOC(=O)/C=C/C1=CN(Nc2ccccc2)CN=C1N. The summed E-state index contributed by atoms with van der Waals surface area (Å²) in [5.41, 5.74) is 10.6. The van der Waals surface area contributed by atoms with Crippen LogP contribution in [0, 0.1) is 0 Å². The first kappa shape index (κ1) is 14.6. The fraction of sp³-hybridized carbons (Fsp3) is 0.200. The smallest absolute Gasteiger partial charge is 0.330 e. The molecule has 21 heavy (non-hydrogen) atoms. The molecule has 0 aliphatic carbocycles. The molecule has 0 atom stereocenters. The maximum absolute atomic E-state index is 11.3. The van der Waals surface area contributed by atoms with Gasteiger partial charge in [-0.25, -0.2) is 9.79 Å². The molecule has 0 radical (unpaired) electrons. The molecule has 110 valence electrons. The van der Waals surface area contributed by atoms with Gasteiger partial charge in [0.05, 0.1) is 12.3 Å². The molecular formula is C15H18N4O2. The van der Waals surface area contributed by atoms with Gasteiger partial charge in [-0.15, -0.1) is 0 Å². The lowest BCUT2D eigenvalue weighted by Crippen LogP contribution is -2.32. The van der Waals surface area contributed by atoms with Crippen molar-refractivity contribution in [3.63, 3.8) is 0 Å². The summed E-state index contributed by atoms with van der Waals surface area (Å²) in [5, 5.41) is 1.79.